The van der Waals surface area contributed by atoms with Gasteiger partial charge in [-0.05, 0) is 29.0 Å². The van der Waals surface area contributed by atoms with Crippen LogP contribution in [0.3, 0.4) is 0 Å². The van der Waals surface area contributed by atoms with Crippen molar-refractivity contribution in [3.63, 3.8) is 0 Å². The molecule has 0 radical (unpaired) electrons. The Bertz CT molecular complexity index is 494. The van der Waals surface area contributed by atoms with Crippen LogP contribution in [-0.4, -0.2) is 20.0 Å². The number of aromatic nitrogens is 4. The number of rotatable bonds is 2. The number of benzene rings is 1. The lowest BCUT2D eigenvalue weighted by Gasteiger charge is -2.01. The fourth-order valence-corrected chi connectivity index (χ4v) is 1.47. The van der Waals surface area contributed by atoms with E-state index in [4.69, 9.17) is 0 Å². The van der Waals surface area contributed by atoms with Crippen LogP contribution >= 0.6 is 0 Å². The minimum atomic E-state index is 0.966. The van der Waals surface area contributed by atoms with Gasteiger partial charge in [0.15, 0.2) is 0 Å². The molecule has 4 nitrogen and oxygen atoms in total. The Morgan fingerprint density at radius 3 is 1.94 bits per heavy atom. The zero-order valence-corrected chi connectivity index (χ0v) is 9.92. The molecule has 3 rings (SSSR count). The van der Waals surface area contributed by atoms with Crippen LogP contribution in [0.4, 0.5) is 0 Å². The zero-order chi connectivity index (χ0) is 12.5. The monoisotopic (exact) mass is 238 g/mol. The second kappa shape index (κ2) is 6.96. The smallest absolute Gasteiger partial charge is 0.0529 e. The SMILES string of the molecule is c1ccc(Cn2cccc2)cc1.c1cnnnc1. The number of hydrogen-bond acceptors (Lipinski definition) is 3. The average Bonchev–Trinajstić information content (AvgIpc) is 2.96. The predicted octanol–water partition coefficient (Wildman–Crippen LogP) is 2.41. The average molecular weight is 238 g/mol. The maximum atomic E-state index is 3.42. The third-order valence-corrected chi connectivity index (χ3v) is 2.28. The van der Waals surface area contributed by atoms with Crippen molar-refractivity contribution in [2.24, 2.45) is 0 Å². The van der Waals surface area contributed by atoms with E-state index in [-0.39, 0.29) is 0 Å². The number of hydrogen-bond donors (Lipinski definition) is 0. The van der Waals surface area contributed by atoms with Crippen LogP contribution in [0.5, 0.6) is 0 Å². The van der Waals surface area contributed by atoms with Gasteiger partial charge in [-0.3, -0.25) is 0 Å². The second-order valence-corrected chi connectivity index (χ2v) is 3.65. The van der Waals surface area contributed by atoms with Gasteiger partial charge in [-0.2, -0.15) is 0 Å². The van der Waals surface area contributed by atoms with Gasteiger partial charge in [0.1, 0.15) is 0 Å². The van der Waals surface area contributed by atoms with Gasteiger partial charge in [-0.25, -0.2) is 0 Å². The quantitative estimate of drug-likeness (QED) is 0.688. The van der Waals surface area contributed by atoms with Crippen molar-refractivity contribution in [3.8, 4) is 0 Å². The van der Waals surface area contributed by atoms with Gasteiger partial charge in [0.2, 0.25) is 0 Å². The molecule has 0 saturated heterocycles. The van der Waals surface area contributed by atoms with E-state index in [0.29, 0.717) is 0 Å². The van der Waals surface area contributed by atoms with Crippen molar-refractivity contribution in [2.45, 2.75) is 6.54 Å². The maximum absolute atomic E-state index is 3.42. The van der Waals surface area contributed by atoms with Crippen molar-refractivity contribution >= 4 is 0 Å². The lowest BCUT2D eigenvalue weighted by atomic mass is 10.2. The molecule has 0 aliphatic heterocycles. The maximum Gasteiger partial charge on any atom is 0.0529 e. The molecule has 0 aliphatic carbocycles. The first-order valence-corrected chi connectivity index (χ1v) is 5.68. The van der Waals surface area contributed by atoms with Gasteiger partial charge in [0.25, 0.3) is 0 Å². The summed E-state index contributed by atoms with van der Waals surface area (Å²) in [6.07, 6.45) is 7.31. The minimum Gasteiger partial charge on any atom is -0.350 e. The Balaban J connectivity index is 0.000000169. The molecule has 0 saturated carbocycles. The molecule has 0 atom stereocenters. The highest BCUT2D eigenvalue weighted by atomic mass is 15.3. The summed E-state index contributed by atoms with van der Waals surface area (Å²) in [6, 6.07) is 16.3. The standard InChI is InChI=1S/C11H11N.C3H3N3/c1-2-6-11(7-3-1)10-12-8-4-5-9-12;1-2-4-6-5-3-1/h1-9H,10H2;1-3H. The van der Waals surface area contributed by atoms with Gasteiger partial charge >= 0.3 is 0 Å². The first kappa shape index (κ1) is 12.0. The van der Waals surface area contributed by atoms with Crippen LogP contribution in [0.2, 0.25) is 0 Å². The van der Waals surface area contributed by atoms with Crippen molar-refractivity contribution in [1.82, 2.24) is 20.0 Å². The highest BCUT2D eigenvalue weighted by Crippen LogP contribution is 2.01. The molecule has 2 heterocycles. The molecule has 0 N–H and O–H groups in total. The molecule has 18 heavy (non-hydrogen) atoms. The molecule has 4 heteroatoms. The molecule has 0 bridgehead atoms. The molecule has 0 amide bonds. The molecule has 2 aromatic heterocycles. The van der Waals surface area contributed by atoms with Crippen molar-refractivity contribution in [2.75, 3.05) is 0 Å². The summed E-state index contributed by atoms with van der Waals surface area (Å²) in [5, 5.41) is 10.1. The predicted molar refractivity (Wildman–Crippen MR) is 69.8 cm³/mol. The van der Waals surface area contributed by atoms with Crippen LogP contribution in [0.25, 0.3) is 0 Å². The van der Waals surface area contributed by atoms with E-state index in [0.717, 1.165) is 6.54 Å². The van der Waals surface area contributed by atoms with E-state index in [9.17, 15) is 0 Å². The normalized spacial score (nSPS) is 9.33. The fourth-order valence-electron chi connectivity index (χ4n) is 1.47. The van der Waals surface area contributed by atoms with Crippen molar-refractivity contribution in [3.05, 3.63) is 78.9 Å². The molecule has 0 aliphatic rings. The summed E-state index contributed by atoms with van der Waals surface area (Å²) in [7, 11) is 0. The molecule has 0 fully saturated rings. The first-order valence-electron chi connectivity index (χ1n) is 5.68. The highest BCUT2D eigenvalue weighted by Gasteiger charge is 1.90. The zero-order valence-electron chi connectivity index (χ0n) is 9.92. The van der Waals surface area contributed by atoms with Gasteiger partial charge in [0, 0.05) is 18.9 Å². The van der Waals surface area contributed by atoms with Crippen LogP contribution in [0.1, 0.15) is 5.56 Å². The Morgan fingerprint density at radius 1 is 0.778 bits per heavy atom. The lowest BCUT2D eigenvalue weighted by Crippen LogP contribution is -1.94. The minimum absolute atomic E-state index is 0.966. The Kier molecular flexibility index (Phi) is 4.63. The van der Waals surface area contributed by atoms with Crippen LogP contribution < -0.4 is 0 Å². The third kappa shape index (κ3) is 4.17. The van der Waals surface area contributed by atoms with Crippen LogP contribution in [-0.2, 0) is 6.54 Å². The van der Waals surface area contributed by atoms with Crippen LogP contribution in [0.15, 0.2) is 73.3 Å². The molecular formula is C14H14N4. The summed E-state index contributed by atoms with van der Waals surface area (Å²) in [5.74, 6) is 0. The molecule has 90 valence electrons. The highest BCUT2D eigenvalue weighted by molar-refractivity contribution is 5.15. The summed E-state index contributed by atoms with van der Waals surface area (Å²) in [5.41, 5.74) is 1.34. The molecule has 0 spiro atoms. The summed E-state index contributed by atoms with van der Waals surface area (Å²) < 4.78 is 2.16. The number of nitrogens with zero attached hydrogens (tertiary/aromatic N) is 4. The fraction of sp³-hybridized carbons (Fsp3) is 0.0714. The first-order chi connectivity index (χ1) is 8.95. The summed E-state index contributed by atoms with van der Waals surface area (Å²) in [6.45, 7) is 0.966. The van der Waals surface area contributed by atoms with Crippen molar-refractivity contribution < 1.29 is 0 Å². The third-order valence-electron chi connectivity index (χ3n) is 2.28. The second-order valence-electron chi connectivity index (χ2n) is 3.65. The lowest BCUT2D eigenvalue weighted by molar-refractivity contribution is 0.806. The van der Waals surface area contributed by atoms with Crippen LogP contribution in [0, 0.1) is 0 Å². The van der Waals surface area contributed by atoms with Crippen molar-refractivity contribution in [1.29, 1.82) is 0 Å². The molecule has 1 aromatic carbocycles. The topological polar surface area (TPSA) is 43.6 Å². The Morgan fingerprint density at radius 2 is 1.44 bits per heavy atom. The van der Waals surface area contributed by atoms with Gasteiger partial charge in [-0.1, -0.05) is 30.3 Å². The van der Waals surface area contributed by atoms with E-state index in [1.807, 2.05) is 18.2 Å². The summed E-state index contributed by atoms with van der Waals surface area (Å²) >= 11 is 0. The van der Waals surface area contributed by atoms with E-state index in [2.05, 4.69) is 56.6 Å². The Labute approximate surface area is 106 Å². The Hall–Kier alpha value is -2.49. The summed E-state index contributed by atoms with van der Waals surface area (Å²) in [4.78, 5) is 0. The van der Waals surface area contributed by atoms with E-state index in [1.165, 1.54) is 5.56 Å². The van der Waals surface area contributed by atoms with E-state index >= 15 is 0 Å². The molecule has 0 unspecified atom stereocenters. The molecule has 3 aromatic rings. The van der Waals surface area contributed by atoms with Gasteiger partial charge < -0.3 is 4.57 Å². The van der Waals surface area contributed by atoms with E-state index < -0.39 is 0 Å². The molecular weight excluding hydrogens is 224 g/mol. The van der Waals surface area contributed by atoms with Gasteiger partial charge in [0.05, 0.1) is 12.4 Å². The van der Waals surface area contributed by atoms with E-state index in [1.54, 1.807) is 18.5 Å². The van der Waals surface area contributed by atoms with Gasteiger partial charge in [-0.15, -0.1) is 10.2 Å². The largest absolute Gasteiger partial charge is 0.350 e.